The van der Waals surface area contributed by atoms with Gasteiger partial charge in [-0.3, -0.25) is 4.79 Å². The summed E-state index contributed by atoms with van der Waals surface area (Å²) in [4.78, 5) is 11.8. The summed E-state index contributed by atoms with van der Waals surface area (Å²) in [5.41, 5.74) is 1.36. The van der Waals surface area contributed by atoms with Crippen molar-refractivity contribution < 1.29 is 19.0 Å². The second-order valence-electron chi connectivity index (χ2n) is 3.38. The quantitative estimate of drug-likeness (QED) is 0.716. The molecule has 0 N–H and O–H groups in total. The molecular formula is C12H16O4. The largest absolute Gasteiger partial charge is 0.497 e. The summed E-state index contributed by atoms with van der Waals surface area (Å²) in [6.07, 6.45) is 0. The number of hydrogen-bond acceptors (Lipinski definition) is 4. The molecular weight excluding hydrogens is 208 g/mol. The molecule has 16 heavy (non-hydrogen) atoms. The van der Waals surface area contributed by atoms with Gasteiger partial charge >= 0.3 is 0 Å². The van der Waals surface area contributed by atoms with Gasteiger partial charge in [0.05, 0.1) is 19.8 Å². The van der Waals surface area contributed by atoms with Crippen LogP contribution in [0.1, 0.15) is 15.9 Å². The Labute approximate surface area is 95.1 Å². The third-order valence-electron chi connectivity index (χ3n) is 2.28. The Balaban J connectivity index is 3.21. The summed E-state index contributed by atoms with van der Waals surface area (Å²) in [7, 11) is 4.59. The number of hydrogen-bond donors (Lipinski definition) is 0. The number of Topliss-reactive ketones (excluding diaryl/α,β-unsaturated/α-hetero) is 1. The maximum atomic E-state index is 11.8. The lowest BCUT2D eigenvalue weighted by molar-refractivity contribution is 0.0844. The molecule has 88 valence electrons. The van der Waals surface area contributed by atoms with E-state index in [1.807, 2.05) is 6.92 Å². The fourth-order valence-electron chi connectivity index (χ4n) is 1.56. The molecule has 1 aromatic rings. The van der Waals surface area contributed by atoms with Gasteiger partial charge in [0.1, 0.15) is 18.1 Å². The molecule has 0 aromatic heterocycles. The summed E-state index contributed by atoms with van der Waals surface area (Å²) in [5.74, 6) is 1.08. The molecule has 0 unspecified atom stereocenters. The molecule has 4 nitrogen and oxygen atoms in total. The Hall–Kier alpha value is -1.55. The van der Waals surface area contributed by atoms with Crippen molar-refractivity contribution in [2.75, 3.05) is 27.9 Å². The minimum Gasteiger partial charge on any atom is -0.497 e. The van der Waals surface area contributed by atoms with Crippen LogP contribution in [0.2, 0.25) is 0 Å². The van der Waals surface area contributed by atoms with Crippen molar-refractivity contribution in [2.24, 2.45) is 0 Å². The van der Waals surface area contributed by atoms with Crippen molar-refractivity contribution in [3.05, 3.63) is 23.3 Å². The van der Waals surface area contributed by atoms with Crippen molar-refractivity contribution in [1.82, 2.24) is 0 Å². The topological polar surface area (TPSA) is 44.8 Å². The summed E-state index contributed by atoms with van der Waals surface area (Å²) in [5, 5.41) is 0. The Kier molecular flexibility index (Phi) is 4.31. The van der Waals surface area contributed by atoms with Crippen molar-refractivity contribution >= 4 is 5.78 Å². The van der Waals surface area contributed by atoms with Crippen molar-refractivity contribution in [2.45, 2.75) is 6.92 Å². The van der Waals surface area contributed by atoms with Crippen LogP contribution in [0, 0.1) is 6.92 Å². The van der Waals surface area contributed by atoms with E-state index in [0.717, 1.165) is 5.56 Å². The van der Waals surface area contributed by atoms with E-state index in [4.69, 9.17) is 14.2 Å². The zero-order valence-corrected chi connectivity index (χ0v) is 9.99. The molecule has 0 atom stereocenters. The summed E-state index contributed by atoms with van der Waals surface area (Å²) in [6.45, 7) is 1.89. The van der Waals surface area contributed by atoms with Crippen molar-refractivity contribution in [3.63, 3.8) is 0 Å². The summed E-state index contributed by atoms with van der Waals surface area (Å²) in [6, 6.07) is 3.49. The highest BCUT2D eigenvalue weighted by Crippen LogP contribution is 2.28. The highest BCUT2D eigenvalue weighted by Gasteiger charge is 2.16. The van der Waals surface area contributed by atoms with E-state index in [0.29, 0.717) is 17.1 Å². The second kappa shape index (κ2) is 5.51. The first-order valence-electron chi connectivity index (χ1n) is 4.88. The highest BCUT2D eigenvalue weighted by molar-refractivity contribution is 6.01. The summed E-state index contributed by atoms with van der Waals surface area (Å²) < 4.78 is 15.1. The van der Waals surface area contributed by atoms with Crippen LogP contribution in [0.15, 0.2) is 12.1 Å². The zero-order chi connectivity index (χ0) is 12.1. The fraction of sp³-hybridized carbons (Fsp3) is 0.417. The van der Waals surface area contributed by atoms with Gasteiger partial charge in [-0.15, -0.1) is 0 Å². The standard InChI is InChI=1S/C12H16O4/c1-8-5-9(15-3)6-11(16-4)12(8)10(13)7-14-2/h5-6H,7H2,1-4H3. The lowest BCUT2D eigenvalue weighted by atomic mass is 10.0. The lowest BCUT2D eigenvalue weighted by Crippen LogP contribution is -2.11. The molecule has 0 aliphatic rings. The van der Waals surface area contributed by atoms with Gasteiger partial charge in [-0.1, -0.05) is 0 Å². The number of carbonyl (C=O) groups is 1. The molecule has 1 rings (SSSR count). The van der Waals surface area contributed by atoms with Crippen molar-refractivity contribution in [1.29, 1.82) is 0 Å². The van der Waals surface area contributed by atoms with Gasteiger partial charge in [0.15, 0.2) is 5.78 Å². The molecule has 0 radical (unpaired) electrons. The normalized spacial score (nSPS) is 10.0. The highest BCUT2D eigenvalue weighted by atomic mass is 16.5. The van der Waals surface area contributed by atoms with Gasteiger partial charge in [0.25, 0.3) is 0 Å². The van der Waals surface area contributed by atoms with E-state index in [2.05, 4.69) is 0 Å². The van der Waals surface area contributed by atoms with E-state index in [1.165, 1.54) is 14.2 Å². The third-order valence-corrected chi connectivity index (χ3v) is 2.28. The summed E-state index contributed by atoms with van der Waals surface area (Å²) >= 11 is 0. The van der Waals surface area contributed by atoms with E-state index in [-0.39, 0.29) is 12.4 Å². The smallest absolute Gasteiger partial charge is 0.192 e. The molecule has 0 saturated carbocycles. The maximum Gasteiger partial charge on any atom is 0.192 e. The van der Waals surface area contributed by atoms with E-state index in [9.17, 15) is 4.79 Å². The Morgan fingerprint density at radius 2 is 1.88 bits per heavy atom. The number of aryl methyl sites for hydroxylation is 1. The van der Waals surface area contributed by atoms with Gasteiger partial charge in [-0.05, 0) is 18.6 Å². The Bertz CT molecular complexity index is 385. The van der Waals surface area contributed by atoms with Crippen LogP contribution in [-0.2, 0) is 4.74 Å². The number of methoxy groups -OCH3 is 3. The second-order valence-corrected chi connectivity index (χ2v) is 3.38. The molecule has 0 aliphatic carbocycles. The van der Waals surface area contributed by atoms with Crippen LogP contribution in [0.4, 0.5) is 0 Å². The zero-order valence-electron chi connectivity index (χ0n) is 9.99. The van der Waals surface area contributed by atoms with E-state index in [1.54, 1.807) is 19.2 Å². The first-order chi connectivity index (χ1) is 7.63. The number of ether oxygens (including phenoxy) is 3. The van der Waals surface area contributed by atoms with Gasteiger partial charge in [-0.25, -0.2) is 0 Å². The van der Waals surface area contributed by atoms with Crippen LogP contribution in [0.3, 0.4) is 0 Å². The average Bonchev–Trinajstić information content (AvgIpc) is 2.27. The Morgan fingerprint density at radius 3 is 2.38 bits per heavy atom. The van der Waals surface area contributed by atoms with Crippen LogP contribution < -0.4 is 9.47 Å². The van der Waals surface area contributed by atoms with E-state index >= 15 is 0 Å². The Morgan fingerprint density at radius 1 is 1.19 bits per heavy atom. The monoisotopic (exact) mass is 224 g/mol. The van der Waals surface area contributed by atoms with E-state index < -0.39 is 0 Å². The molecule has 1 aromatic carbocycles. The van der Waals surface area contributed by atoms with Gasteiger partial charge in [-0.2, -0.15) is 0 Å². The van der Waals surface area contributed by atoms with Crippen molar-refractivity contribution in [3.8, 4) is 11.5 Å². The third kappa shape index (κ3) is 2.52. The van der Waals surface area contributed by atoms with Crippen LogP contribution in [0.5, 0.6) is 11.5 Å². The minimum atomic E-state index is -0.0977. The first-order valence-corrected chi connectivity index (χ1v) is 4.88. The number of rotatable bonds is 5. The van der Waals surface area contributed by atoms with Gasteiger partial charge in [0.2, 0.25) is 0 Å². The fourth-order valence-corrected chi connectivity index (χ4v) is 1.56. The molecule has 0 aliphatic heterocycles. The molecule has 0 heterocycles. The van der Waals surface area contributed by atoms with Crippen LogP contribution in [-0.4, -0.2) is 33.7 Å². The molecule has 0 fully saturated rings. The lowest BCUT2D eigenvalue weighted by Gasteiger charge is -2.12. The number of ketones is 1. The average molecular weight is 224 g/mol. The molecule has 0 saturated heterocycles. The number of benzene rings is 1. The molecule has 0 spiro atoms. The maximum absolute atomic E-state index is 11.8. The predicted octanol–water partition coefficient (Wildman–Crippen LogP) is 1.84. The van der Waals surface area contributed by atoms with Crippen LogP contribution in [0.25, 0.3) is 0 Å². The number of carbonyl (C=O) groups excluding carboxylic acids is 1. The van der Waals surface area contributed by atoms with Gasteiger partial charge < -0.3 is 14.2 Å². The van der Waals surface area contributed by atoms with Gasteiger partial charge in [0, 0.05) is 13.2 Å². The minimum absolute atomic E-state index is 0.0452. The SMILES string of the molecule is COCC(=O)c1c(C)cc(OC)cc1OC. The predicted molar refractivity (Wildman–Crippen MR) is 60.5 cm³/mol. The van der Waals surface area contributed by atoms with Crippen LogP contribution >= 0.6 is 0 Å². The molecule has 4 heteroatoms. The molecule has 0 amide bonds. The first kappa shape index (κ1) is 12.5. The molecule has 0 bridgehead atoms.